The first-order chi connectivity index (χ1) is 16.7. The summed E-state index contributed by atoms with van der Waals surface area (Å²) in [5.41, 5.74) is 8.02. The minimum atomic E-state index is -0.577. The maximum Gasteiger partial charge on any atom is 0.183 e. The van der Waals surface area contributed by atoms with E-state index in [0.717, 1.165) is 34.5 Å². The Labute approximate surface area is 199 Å². The van der Waals surface area contributed by atoms with Gasteiger partial charge >= 0.3 is 0 Å². The van der Waals surface area contributed by atoms with Crippen LogP contribution in [0.15, 0.2) is 103 Å². The number of aromatic nitrogens is 4. The number of fused-ring (bicyclic) bond motifs is 1. The van der Waals surface area contributed by atoms with Crippen molar-refractivity contribution in [1.29, 1.82) is 0 Å². The van der Waals surface area contributed by atoms with Gasteiger partial charge in [-0.05, 0) is 70.0 Å². The van der Waals surface area contributed by atoms with E-state index in [-0.39, 0.29) is 0 Å². The number of aryl methyl sites for hydroxylation is 2. The molecule has 34 heavy (non-hydrogen) atoms. The summed E-state index contributed by atoms with van der Waals surface area (Å²) in [7, 11) is 0. The van der Waals surface area contributed by atoms with Gasteiger partial charge < -0.3 is 0 Å². The van der Waals surface area contributed by atoms with E-state index in [9.17, 15) is 0 Å². The Morgan fingerprint density at radius 3 is 2.00 bits per heavy atom. The zero-order valence-corrected chi connectivity index (χ0v) is 19.2. The maximum atomic E-state index is 4.57. The third-order valence-corrected chi connectivity index (χ3v) is 7.14. The molecule has 0 radical (unpaired) electrons. The van der Waals surface area contributed by atoms with Gasteiger partial charge in [-0.2, -0.15) is 0 Å². The fraction of sp³-hybridized carbons (Fsp3) is 0.167. The van der Waals surface area contributed by atoms with Crippen molar-refractivity contribution in [3.05, 3.63) is 125 Å². The first-order valence-corrected chi connectivity index (χ1v) is 11.9. The molecule has 1 aromatic heterocycles. The summed E-state index contributed by atoms with van der Waals surface area (Å²) in [6.45, 7) is 2.19. The molecular formula is C30H26N4. The van der Waals surface area contributed by atoms with E-state index in [1.807, 2.05) is 16.8 Å². The summed E-state index contributed by atoms with van der Waals surface area (Å²) in [5, 5.41) is 13.3. The summed E-state index contributed by atoms with van der Waals surface area (Å²) >= 11 is 0. The standard InChI is InChI=1S/C30H26N4/c1-30(25-13-4-2-5-14-25,26-15-6-3-7-16-26)34-29(31-32-33-34)28-18-9-8-17-27(28)24-20-19-22-11-10-12-23(22)21-24/h2-9,13-21H,10-12H2,1H3. The minimum Gasteiger partial charge on any atom is -0.210 e. The van der Waals surface area contributed by atoms with Crippen LogP contribution >= 0.6 is 0 Å². The highest BCUT2D eigenvalue weighted by Gasteiger charge is 2.35. The monoisotopic (exact) mass is 442 g/mol. The van der Waals surface area contributed by atoms with Crippen molar-refractivity contribution >= 4 is 0 Å². The highest BCUT2D eigenvalue weighted by Crippen LogP contribution is 2.39. The zero-order chi connectivity index (χ0) is 23.0. The quantitative estimate of drug-likeness (QED) is 0.320. The molecule has 1 heterocycles. The summed E-state index contributed by atoms with van der Waals surface area (Å²) in [4.78, 5) is 0. The summed E-state index contributed by atoms with van der Waals surface area (Å²) in [6.07, 6.45) is 3.58. The van der Waals surface area contributed by atoms with Crippen LogP contribution in [0.3, 0.4) is 0 Å². The minimum absolute atomic E-state index is 0.577. The molecule has 0 unspecified atom stereocenters. The lowest BCUT2D eigenvalue weighted by Crippen LogP contribution is -2.34. The molecule has 0 aliphatic heterocycles. The lowest BCUT2D eigenvalue weighted by atomic mass is 9.84. The van der Waals surface area contributed by atoms with Gasteiger partial charge in [-0.3, -0.25) is 0 Å². The second kappa shape index (κ2) is 8.38. The second-order valence-corrected chi connectivity index (χ2v) is 9.10. The summed E-state index contributed by atoms with van der Waals surface area (Å²) in [6, 6.07) is 36.3. The SMILES string of the molecule is CC(c1ccccc1)(c1ccccc1)n1nnnc1-c1ccccc1-c1ccc2c(c1)CCC2. The third kappa shape index (κ3) is 3.34. The molecule has 0 bridgehead atoms. The second-order valence-electron chi connectivity index (χ2n) is 9.10. The Morgan fingerprint density at radius 1 is 0.676 bits per heavy atom. The van der Waals surface area contributed by atoms with Crippen molar-refractivity contribution < 1.29 is 0 Å². The van der Waals surface area contributed by atoms with Crippen molar-refractivity contribution in [2.75, 3.05) is 0 Å². The van der Waals surface area contributed by atoms with E-state index in [1.54, 1.807) is 0 Å². The molecule has 4 nitrogen and oxygen atoms in total. The predicted octanol–water partition coefficient (Wildman–Crippen LogP) is 6.31. The Bertz CT molecular complexity index is 1400. The highest BCUT2D eigenvalue weighted by molar-refractivity contribution is 5.81. The summed E-state index contributed by atoms with van der Waals surface area (Å²) < 4.78 is 1.98. The molecule has 1 aliphatic carbocycles. The molecule has 5 aromatic rings. The Hall–Kier alpha value is -4.05. The van der Waals surface area contributed by atoms with Crippen molar-refractivity contribution in [3.63, 3.8) is 0 Å². The van der Waals surface area contributed by atoms with E-state index in [1.165, 1.54) is 29.5 Å². The van der Waals surface area contributed by atoms with Gasteiger partial charge in [0.1, 0.15) is 5.54 Å². The van der Waals surface area contributed by atoms with E-state index in [0.29, 0.717) is 0 Å². The van der Waals surface area contributed by atoms with Crippen molar-refractivity contribution in [3.8, 4) is 22.5 Å². The van der Waals surface area contributed by atoms with E-state index in [4.69, 9.17) is 0 Å². The van der Waals surface area contributed by atoms with Crippen LogP contribution in [-0.4, -0.2) is 20.2 Å². The number of benzene rings is 4. The molecule has 0 N–H and O–H groups in total. The van der Waals surface area contributed by atoms with Crippen molar-refractivity contribution in [1.82, 2.24) is 20.2 Å². The van der Waals surface area contributed by atoms with Gasteiger partial charge in [0.15, 0.2) is 5.82 Å². The molecule has 1 aliphatic rings. The molecular weight excluding hydrogens is 416 g/mol. The van der Waals surface area contributed by atoms with Crippen LogP contribution in [0.4, 0.5) is 0 Å². The number of rotatable bonds is 5. The lowest BCUT2D eigenvalue weighted by molar-refractivity contribution is 0.418. The fourth-order valence-corrected chi connectivity index (χ4v) is 5.26. The van der Waals surface area contributed by atoms with Crippen LogP contribution in [0.25, 0.3) is 22.5 Å². The zero-order valence-electron chi connectivity index (χ0n) is 19.2. The number of tetrazole rings is 1. The van der Waals surface area contributed by atoms with E-state index in [2.05, 4.69) is 113 Å². The highest BCUT2D eigenvalue weighted by atomic mass is 15.6. The number of nitrogens with zero attached hydrogens (tertiary/aromatic N) is 4. The van der Waals surface area contributed by atoms with Gasteiger partial charge in [-0.15, -0.1) is 5.10 Å². The fourth-order valence-electron chi connectivity index (χ4n) is 5.26. The molecule has 0 saturated heterocycles. The molecule has 166 valence electrons. The Kier molecular flexibility index (Phi) is 5.06. The number of hydrogen-bond acceptors (Lipinski definition) is 3. The normalized spacial score (nSPS) is 13.1. The van der Waals surface area contributed by atoms with E-state index >= 15 is 0 Å². The van der Waals surface area contributed by atoms with Crippen LogP contribution in [0.1, 0.15) is 35.6 Å². The van der Waals surface area contributed by atoms with Crippen molar-refractivity contribution in [2.24, 2.45) is 0 Å². The van der Waals surface area contributed by atoms with Crippen LogP contribution in [0.5, 0.6) is 0 Å². The molecule has 0 amide bonds. The van der Waals surface area contributed by atoms with Gasteiger partial charge in [-0.25, -0.2) is 4.68 Å². The van der Waals surface area contributed by atoms with Gasteiger partial charge in [0.25, 0.3) is 0 Å². The molecule has 4 aromatic carbocycles. The molecule has 0 spiro atoms. The van der Waals surface area contributed by atoms with Crippen LogP contribution in [0.2, 0.25) is 0 Å². The summed E-state index contributed by atoms with van der Waals surface area (Å²) in [5.74, 6) is 0.756. The number of hydrogen-bond donors (Lipinski definition) is 0. The first kappa shape index (κ1) is 20.5. The van der Waals surface area contributed by atoms with Gasteiger partial charge in [0.2, 0.25) is 0 Å². The Morgan fingerprint density at radius 2 is 1.29 bits per heavy atom. The average Bonchev–Trinajstić information content (AvgIpc) is 3.59. The molecule has 4 heteroatoms. The third-order valence-electron chi connectivity index (χ3n) is 7.14. The average molecular weight is 443 g/mol. The van der Waals surface area contributed by atoms with Gasteiger partial charge in [0.05, 0.1) is 0 Å². The van der Waals surface area contributed by atoms with E-state index < -0.39 is 5.54 Å². The van der Waals surface area contributed by atoms with Crippen LogP contribution in [0, 0.1) is 0 Å². The van der Waals surface area contributed by atoms with Crippen molar-refractivity contribution in [2.45, 2.75) is 31.7 Å². The largest absolute Gasteiger partial charge is 0.210 e. The van der Waals surface area contributed by atoms with Crippen LogP contribution < -0.4 is 0 Å². The molecule has 0 saturated carbocycles. The molecule has 0 atom stereocenters. The maximum absolute atomic E-state index is 4.57. The lowest BCUT2D eigenvalue weighted by Gasteiger charge is -2.32. The molecule has 6 rings (SSSR count). The Balaban J connectivity index is 1.55. The first-order valence-electron chi connectivity index (χ1n) is 11.9. The smallest absolute Gasteiger partial charge is 0.183 e. The van der Waals surface area contributed by atoms with Gasteiger partial charge in [-0.1, -0.05) is 103 Å². The topological polar surface area (TPSA) is 43.6 Å². The van der Waals surface area contributed by atoms with Crippen LogP contribution in [-0.2, 0) is 18.4 Å². The van der Waals surface area contributed by atoms with Gasteiger partial charge in [0, 0.05) is 5.56 Å². The molecule has 0 fully saturated rings. The predicted molar refractivity (Wildman–Crippen MR) is 135 cm³/mol.